The van der Waals surface area contributed by atoms with E-state index < -0.39 is 48.5 Å². The quantitative estimate of drug-likeness (QED) is 0.359. The van der Waals surface area contributed by atoms with Gasteiger partial charge in [0.15, 0.2) is 5.65 Å². The van der Waals surface area contributed by atoms with Gasteiger partial charge in [-0.2, -0.15) is 27.1 Å². The summed E-state index contributed by atoms with van der Waals surface area (Å²) in [6, 6.07) is 2.13. The van der Waals surface area contributed by atoms with E-state index in [9.17, 15) is 31.5 Å². The van der Waals surface area contributed by atoms with Crippen LogP contribution in [0.2, 0.25) is 0 Å². The first kappa shape index (κ1) is 22.7. The van der Waals surface area contributed by atoms with Crippen molar-refractivity contribution < 1.29 is 31.5 Å². The Hall–Kier alpha value is -3.99. The van der Waals surface area contributed by atoms with Crippen LogP contribution in [0.25, 0.3) is 5.65 Å². The Balaban J connectivity index is 2.15. The predicted molar refractivity (Wildman–Crippen MR) is 98.6 cm³/mol. The molecule has 0 atom stereocenters. The molecular weight excluding hydrogens is 443 g/mol. The molecule has 0 saturated carbocycles. The first-order valence-electron chi connectivity index (χ1n) is 8.66. The number of nitrogens with zero attached hydrogens (tertiary/aromatic N) is 5. The number of hydrogen-bond donors (Lipinski definition) is 1. The fourth-order valence-electron chi connectivity index (χ4n) is 2.52. The Labute approximate surface area is 175 Å². The Morgan fingerprint density at radius 1 is 1.22 bits per heavy atom. The lowest BCUT2D eigenvalue weighted by atomic mass is 10.2. The molecule has 14 heteroatoms. The zero-order valence-electron chi connectivity index (χ0n) is 16.2. The summed E-state index contributed by atoms with van der Waals surface area (Å²) in [5.41, 5.74) is 3.72. The number of esters is 1. The zero-order valence-corrected chi connectivity index (χ0v) is 16.2. The summed E-state index contributed by atoms with van der Waals surface area (Å²) in [6.45, 7) is -1.30. The van der Waals surface area contributed by atoms with Crippen molar-refractivity contribution in [2.24, 2.45) is 12.8 Å². The van der Waals surface area contributed by atoms with Gasteiger partial charge in [-0.3, -0.25) is 4.68 Å². The third-order valence-corrected chi connectivity index (χ3v) is 3.99. The molecule has 32 heavy (non-hydrogen) atoms. The van der Waals surface area contributed by atoms with Gasteiger partial charge >= 0.3 is 17.8 Å². The van der Waals surface area contributed by atoms with Gasteiger partial charge in [0.2, 0.25) is 5.88 Å². The number of rotatable bonds is 4. The Morgan fingerprint density at radius 3 is 2.47 bits per heavy atom. The number of fused-ring (bicyclic) bond motifs is 1. The van der Waals surface area contributed by atoms with Crippen LogP contribution >= 0.6 is 0 Å². The molecule has 2 N–H and O–H groups in total. The van der Waals surface area contributed by atoms with Crippen molar-refractivity contribution >= 4 is 11.6 Å². The SMILES string of the molecule is Cn1cc(C#Cc2cc(OC(=O)C(F)(F)F)n3c(=O)n(CC(CN)=C(F)F)nc3c2)cn1. The normalized spacial score (nSPS) is 11.2. The largest absolute Gasteiger partial charge is 0.491 e. The Bertz CT molecular complexity index is 1340. The van der Waals surface area contributed by atoms with Gasteiger partial charge < -0.3 is 10.5 Å². The molecule has 3 aromatic rings. The first-order valence-corrected chi connectivity index (χ1v) is 8.66. The zero-order chi connectivity index (χ0) is 23.6. The van der Waals surface area contributed by atoms with Crippen molar-refractivity contribution in [3.8, 4) is 17.7 Å². The smallest absolute Gasteiger partial charge is 0.402 e. The minimum absolute atomic E-state index is 0.0368. The molecular formula is C18H13F5N6O3. The second-order valence-corrected chi connectivity index (χ2v) is 6.32. The van der Waals surface area contributed by atoms with E-state index in [1.54, 1.807) is 13.2 Å². The van der Waals surface area contributed by atoms with Gasteiger partial charge in [0.05, 0.1) is 18.3 Å². The van der Waals surface area contributed by atoms with Crippen molar-refractivity contribution in [1.29, 1.82) is 0 Å². The highest BCUT2D eigenvalue weighted by Crippen LogP contribution is 2.22. The molecule has 0 bridgehead atoms. The van der Waals surface area contributed by atoms with Crippen LogP contribution in [0.5, 0.6) is 5.88 Å². The van der Waals surface area contributed by atoms with Crippen LogP contribution in [-0.4, -0.2) is 42.7 Å². The van der Waals surface area contributed by atoms with Crippen molar-refractivity contribution in [1.82, 2.24) is 24.0 Å². The minimum Gasteiger partial charge on any atom is -0.402 e. The van der Waals surface area contributed by atoms with Gasteiger partial charge in [0.25, 0.3) is 6.08 Å². The fraction of sp³-hybridized carbons (Fsp3) is 0.222. The Kier molecular flexibility index (Phi) is 6.12. The average Bonchev–Trinajstić information content (AvgIpc) is 3.26. The van der Waals surface area contributed by atoms with Crippen LogP contribution < -0.4 is 16.2 Å². The van der Waals surface area contributed by atoms with E-state index >= 15 is 0 Å². The minimum atomic E-state index is -5.35. The number of aryl methyl sites for hydroxylation is 1. The van der Waals surface area contributed by atoms with Crippen molar-refractivity contribution in [2.45, 2.75) is 12.7 Å². The highest BCUT2D eigenvalue weighted by atomic mass is 19.4. The molecule has 0 unspecified atom stereocenters. The van der Waals surface area contributed by atoms with Crippen LogP contribution in [0.3, 0.4) is 0 Å². The monoisotopic (exact) mass is 456 g/mol. The van der Waals surface area contributed by atoms with Crippen molar-refractivity contribution in [3.05, 3.63) is 57.8 Å². The summed E-state index contributed by atoms with van der Waals surface area (Å²) < 4.78 is 70.8. The molecule has 0 aliphatic heterocycles. The molecule has 0 saturated heterocycles. The molecule has 0 aliphatic rings. The number of alkyl halides is 3. The molecule has 9 nitrogen and oxygen atoms in total. The number of carbonyl (C=O) groups is 1. The van der Waals surface area contributed by atoms with Gasteiger partial charge in [-0.05, 0) is 6.07 Å². The molecule has 3 aromatic heterocycles. The molecule has 0 radical (unpaired) electrons. The number of carbonyl (C=O) groups excluding carboxylic acids is 1. The number of halogens is 5. The van der Waals surface area contributed by atoms with E-state index in [0.29, 0.717) is 14.6 Å². The van der Waals surface area contributed by atoms with E-state index in [2.05, 4.69) is 26.8 Å². The van der Waals surface area contributed by atoms with Gasteiger partial charge in [0.1, 0.15) is 0 Å². The van der Waals surface area contributed by atoms with Crippen LogP contribution in [0.15, 0.2) is 41.0 Å². The van der Waals surface area contributed by atoms with Crippen molar-refractivity contribution in [3.63, 3.8) is 0 Å². The number of pyridine rings is 1. The third-order valence-electron chi connectivity index (χ3n) is 3.99. The summed E-state index contributed by atoms with van der Waals surface area (Å²) in [4.78, 5) is 23.9. The fourth-order valence-corrected chi connectivity index (χ4v) is 2.52. The molecule has 0 aromatic carbocycles. The number of aromatic nitrogens is 5. The standard InChI is InChI=1S/C18H13F5N6O3/c1-27-8-11(7-25-27)3-2-10-4-13-26-28(9-12(6-24)15(19)20)17(31)29(13)14(5-10)32-16(30)18(21,22)23/h4-5,7-8H,6,9,24H2,1H3. The lowest BCUT2D eigenvalue weighted by Crippen LogP contribution is -2.30. The second-order valence-electron chi connectivity index (χ2n) is 6.32. The molecule has 0 amide bonds. The molecule has 3 heterocycles. The maximum atomic E-state index is 12.9. The topological polar surface area (TPSA) is 109 Å². The number of nitrogens with two attached hydrogens (primary N) is 1. The van der Waals surface area contributed by atoms with E-state index in [4.69, 9.17) is 5.73 Å². The van der Waals surface area contributed by atoms with Gasteiger partial charge in [-0.15, -0.1) is 5.10 Å². The van der Waals surface area contributed by atoms with Crippen LogP contribution in [0, 0.1) is 11.8 Å². The lowest BCUT2D eigenvalue weighted by Gasteiger charge is -2.08. The van der Waals surface area contributed by atoms with E-state index in [0.717, 1.165) is 6.07 Å². The summed E-state index contributed by atoms with van der Waals surface area (Å²) in [7, 11) is 1.65. The van der Waals surface area contributed by atoms with Crippen LogP contribution in [0.1, 0.15) is 11.1 Å². The predicted octanol–water partition coefficient (Wildman–Crippen LogP) is 1.21. The Morgan fingerprint density at radius 2 is 1.91 bits per heavy atom. The van der Waals surface area contributed by atoms with Crippen LogP contribution in [-0.2, 0) is 18.4 Å². The van der Waals surface area contributed by atoms with Gasteiger partial charge in [0, 0.05) is 37.0 Å². The van der Waals surface area contributed by atoms with Gasteiger partial charge in [-0.1, -0.05) is 11.8 Å². The van der Waals surface area contributed by atoms with E-state index in [-0.39, 0.29) is 11.2 Å². The highest BCUT2D eigenvalue weighted by Gasteiger charge is 2.42. The van der Waals surface area contributed by atoms with E-state index in [1.807, 2.05) is 0 Å². The summed E-state index contributed by atoms with van der Waals surface area (Å²) in [5.74, 6) is 1.89. The van der Waals surface area contributed by atoms with Crippen molar-refractivity contribution in [2.75, 3.05) is 6.54 Å². The van der Waals surface area contributed by atoms with E-state index in [1.165, 1.54) is 16.9 Å². The molecule has 0 aliphatic carbocycles. The lowest BCUT2D eigenvalue weighted by molar-refractivity contribution is -0.190. The molecule has 168 valence electrons. The number of ether oxygens (including phenoxy) is 1. The molecule has 0 fully saturated rings. The summed E-state index contributed by atoms with van der Waals surface area (Å²) >= 11 is 0. The first-order chi connectivity index (χ1) is 15.0. The second kappa shape index (κ2) is 8.63. The number of hydrogen-bond acceptors (Lipinski definition) is 6. The molecule has 0 spiro atoms. The maximum Gasteiger partial charge on any atom is 0.491 e. The van der Waals surface area contributed by atoms with Crippen LogP contribution in [0.4, 0.5) is 22.0 Å². The summed E-state index contributed by atoms with van der Waals surface area (Å²) in [6.07, 6.45) is -4.47. The average molecular weight is 456 g/mol. The maximum absolute atomic E-state index is 12.9. The highest BCUT2D eigenvalue weighted by molar-refractivity contribution is 5.78. The third kappa shape index (κ3) is 4.83. The molecule has 3 rings (SSSR count). The summed E-state index contributed by atoms with van der Waals surface area (Å²) in [5, 5.41) is 7.73. The van der Waals surface area contributed by atoms with Gasteiger partial charge in [-0.25, -0.2) is 18.7 Å².